The Hall–Kier alpha value is -5.56. The molecule has 0 saturated carbocycles. The van der Waals surface area contributed by atoms with Crippen LogP contribution in [0.25, 0.3) is 11.1 Å². The van der Waals surface area contributed by atoms with E-state index in [9.17, 15) is 0 Å². The summed E-state index contributed by atoms with van der Waals surface area (Å²) in [5.74, 6) is 2.07. The van der Waals surface area contributed by atoms with Crippen LogP contribution in [0.1, 0.15) is 34.1 Å². The van der Waals surface area contributed by atoms with Crippen LogP contribution in [0.4, 0.5) is 11.4 Å². The SMILES string of the molecule is Nc1ccc(C2C=CC=C(c3ccc(OCCOCCOCCOc4ccc(C5=CC=CC(c6ccc(N)cc6)C=C5)cc4)cc3)C=C2)cc1. The minimum Gasteiger partial charge on any atom is -0.491 e. The molecule has 4 N–H and O–H groups in total. The molecule has 0 spiro atoms. The van der Waals surface area contributed by atoms with Gasteiger partial charge >= 0.3 is 0 Å². The summed E-state index contributed by atoms with van der Waals surface area (Å²) in [5, 5.41) is 0. The van der Waals surface area contributed by atoms with Crippen LogP contribution in [0, 0.1) is 0 Å². The molecule has 2 unspecified atom stereocenters. The highest BCUT2D eigenvalue weighted by atomic mass is 16.6. The van der Waals surface area contributed by atoms with Gasteiger partial charge in [0.15, 0.2) is 0 Å². The van der Waals surface area contributed by atoms with Gasteiger partial charge in [-0.3, -0.25) is 0 Å². The lowest BCUT2D eigenvalue weighted by Crippen LogP contribution is -2.13. The van der Waals surface area contributed by atoms with Gasteiger partial charge in [-0.05, 0) is 81.9 Å². The number of anilines is 2. The van der Waals surface area contributed by atoms with E-state index in [0.29, 0.717) is 39.6 Å². The van der Waals surface area contributed by atoms with Gasteiger partial charge in [-0.1, -0.05) is 109 Å². The number of rotatable bonds is 15. The number of ether oxygens (including phenoxy) is 4. The Balaban J connectivity index is 0.821. The molecule has 6 heteroatoms. The lowest BCUT2D eigenvalue weighted by atomic mass is 9.97. The Kier molecular flexibility index (Phi) is 12.2. The largest absolute Gasteiger partial charge is 0.491 e. The zero-order valence-corrected chi connectivity index (χ0v) is 28.2. The van der Waals surface area contributed by atoms with Crippen molar-refractivity contribution in [1.29, 1.82) is 0 Å². The van der Waals surface area contributed by atoms with Crippen molar-refractivity contribution < 1.29 is 18.9 Å². The summed E-state index contributed by atoms with van der Waals surface area (Å²) < 4.78 is 23.1. The van der Waals surface area contributed by atoms with Gasteiger partial charge in [-0.2, -0.15) is 0 Å². The maximum atomic E-state index is 5.87. The van der Waals surface area contributed by atoms with Gasteiger partial charge in [-0.25, -0.2) is 0 Å². The number of nitrogen functional groups attached to an aromatic ring is 2. The fraction of sp³-hybridized carbons (Fsp3) is 0.182. The predicted octanol–water partition coefficient (Wildman–Crippen LogP) is 8.93. The molecule has 0 aliphatic heterocycles. The van der Waals surface area contributed by atoms with Gasteiger partial charge in [0.1, 0.15) is 24.7 Å². The van der Waals surface area contributed by atoms with Crippen molar-refractivity contribution in [3.63, 3.8) is 0 Å². The van der Waals surface area contributed by atoms with E-state index in [1.165, 1.54) is 11.1 Å². The van der Waals surface area contributed by atoms with E-state index in [4.69, 9.17) is 30.4 Å². The van der Waals surface area contributed by atoms with E-state index in [1.54, 1.807) is 0 Å². The third kappa shape index (κ3) is 9.98. The average molecular weight is 665 g/mol. The van der Waals surface area contributed by atoms with Gasteiger partial charge in [0.2, 0.25) is 0 Å². The van der Waals surface area contributed by atoms with Crippen molar-refractivity contribution >= 4 is 22.5 Å². The summed E-state index contributed by atoms with van der Waals surface area (Å²) >= 11 is 0. The molecule has 2 aliphatic carbocycles. The summed E-state index contributed by atoms with van der Waals surface area (Å²) in [4.78, 5) is 0. The highest BCUT2D eigenvalue weighted by Gasteiger charge is 2.09. The molecule has 254 valence electrons. The highest BCUT2D eigenvalue weighted by molar-refractivity contribution is 5.77. The second-order valence-corrected chi connectivity index (χ2v) is 12.1. The Bertz CT molecular complexity index is 1710. The first-order valence-corrected chi connectivity index (χ1v) is 17.1. The normalized spacial score (nSPS) is 16.7. The summed E-state index contributed by atoms with van der Waals surface area (Å²) in [6.45, 7) is 2.92. The van der Waals surface area contributed by atoms with Crippen molar-refractivity contribution in [2.24, 2.45) is 0 Å². The van der Waals surface area contributed by atoms with E-state index in [-0.39, 0.29) is 11.8 Å². The van der Waals surface area contributed by atoms with Gasteiger partial charge < -0.3 is 30.4 Å². The minimum atomic E-state index is 0.219. The Labute approximate surface area is 295 Å². The van der Waals surface area contributed by atoms with Crippen LogP contribution in [0.2, 0.25) is 0 Å². The number of allylic oxidation sites excluding steroid dienone is 12. The molecule has 0 aromatic heterocycles. The lowest BCUT2D eigenvalue weighted by molar-refractivity contribution is 0.0273. The summed E-state index contributed by atoms with van der Waals surface area (Å²) in [5.41, 5.74) is 20.3. The Morgan fingerprint density at radius 2 is 0.800 bits per heavy atom. The molecule has 2 atom stereocenters. The number of nitrogens with two attached hydrogens (primary N) is 2. The van der Waals surface area contributed by atoms with Crippen LogP contribution in [0.3, 0.4) is 0 Å². The zero-order chi connectivity index (χ0) is 34.4. The van der Waals surface area contributed by atoms with Gasteiger partial charge in [0.05, 0.1) is 26.4 Å². The monoisotopic (exact) mass is 664 g/mol. The first-order chi connectivity index (χ1) is 24.6. The molecule has 4 aromatic carbocycles. The van der Waals surface area contributed by atoms with Crippen molar-refractivity contribution in [2.45, 2.75) is 11.8 Å². The molecule has 6 nitrogen and oxygen atoms in total. The molecule has 0 heterocycles. The third-order valence-electron chi connectivity index (χ3n) is 8.54. The highest BCUT2D eigenvalue weighted by Crippen LogP contribution is 2.29. The van der Waals surface area contributed by atoms with Crippen LogP contribution in [0.5, 0.6) is 11.5 Å². The van der Waals surface area contributed by atoms with Crippen molar-refractivity contribution in [2.75, 3.05) is 51.1 Å². The summed E-state index contributed by atoms with van der Waals surface area (Å²) in [7, 11) is 0. The fourth-order valence-electron chi connectivity index (χ4n) is 5.72. The molecule has 0 amide bonds. The molecule has 0 radical (unpaired) electrons. The Morgan fingerprint density at radius 3 is 1.20 bits per heavy atom. The molecule has 2 aliphatic rings. The average Bonchev–Trinajstić information content (AvgIpc) is 3.56. The molecule has 6 rings (SSSR count). The third-order valence-corrected chi connectivity index (χ3v) is 8.54. The van der Waals surface area contributed by atoms with Gasteiger partial charge in [-0.15, -0.1) is 0 Å². The maximum absolute atomic E-state index is 5.87. The van der Waals surface area contributed by atoms with Crippen LogP contribution < -0.4 is 20.9 Å². The summed E-state index contributed by atoms with van der Waals surface area (Å²) in [6.07, 6.45) is 21.6. The molecule has 0 saturated heterocycles. The van der Waals surface area contributed by atoms with Crippen molar-refractivity contribution in [1.82, 2.24) is 0 Å². The van der Waals surface area contributed by atoms with Crippen molar-refractivity contribution in [3.8, 4) is 11.5 Å². The van der Waals surface area contributed by atoms with Crippen molar-refractivity contribution in [3.05, 3.63) is 180 Å². The molecule has 50 heavy (non-hydrogen) atoms. The van der Waals surface area contributed by atoms with Crippen LogP contribution in [-0.4, -0.2) is 39.6 Å². The smallest absolute Gasteiger partial charge is 0.119 e. The van der Waals surface area contributed by atoms with Crippen LogP contribution >= 0.6 is 0 Å². The molecular formula is C44H44N2O4. The van der Waals surface area contributed by atoms with Crippen LogP contribution in [0.15, 0.2) is 158 Å². The number of hydrogen-bond donors (Lipinski definition) is 2. The number of hydrogen-bond acceptors (Lipinski definition) is 6. The Morgan fingerprint density at radius 1 is 0.420 bits per heavy atom. The van der Waals surface area contributed by atoms with E-state index >= 15 is 0 Å². The molecule has 0 bridgehead atoms. The fourth-order valence-corrected chi connectivity index (χ4v) is 5.72. The second-order valence-electron chi connectivity index (χ2n) is 12.1. The van der Waals surface area contributed by atoms with E-state index in [1.807, 2.05) is 48.5 Å². The molecular weight excluding hydrogens is 620 g/mol. The second kappa shape index (κ2) is 17.7. The van der Waals surface area contributed by atoms with E-state index in [0.717, 1.165) is 45.1 Å². The van der Waals surface area contributed by atoms with E-state index < -0.39 is 0 Å². The van der Waals surface area contributed by atoms with Crippen LogP contribution in [-0.2, 0) is 9.47 Å². The standard InChI is InChI=1S/C44H44N2O4/c45-41-19-11-37(12-20-41)33-3-1-5-35(9-7-33)39-15-23-43(24-16-39)49-31-29-47-27-28-48-30-32-50-44-25-17-40(18-26-44)36-6-2-4-34(8-10-36)38-13-21-42(46)22-14-38/h1-26,33-34H,27-32,45-46H2. The quantitative estimate of drug-likeness (QED) is 0.0975. The zero-order valence-electron chi connectivity index (χ0n) is 28.2. The summed E-state index contributed by atoms with van der Waals surface area (Å²) in [6, 6.07) is 32.4. The molecule has 4 aromatic rings. The lowest BCUT2D eigenvalue weighted by Gasteiger charge is -2.10. The maximum Gasteiger partial charge on any atom is 0.119 e. The first-order valence-electron chi connectivity index (χ1n) is 17.1. The molecule has 0 fully saturated rings. The topological polar surface area (TPSA) is 89.0 Å². The first kappa shape index (κ1) is 34.3. The van der Waals surface area contributed by atoms with Gasteiger partial charge in [0, 0.05) is 23.2 Å². The number of benzene rings is 4. The van der Waals surface area contributed by atoms with E-state index in [2.05, 4.69) is 109 Å². The predicted molar refractivity (Wildman–Crippen MR) is 205 cm³/mol. The minimum absolute atomic E-state index is 0.219. The van der Waals surface area contributed by atoms with Gasteiger partial charge in [0.25, 0.3) is 0 Å².